The highest BCUT2D eigenvalue weighted by molar-refractivity contribution is 5.40. The van der Waals surface area contributed by atoms with Gasteiger partial charge in [0.05, 0.1) is 13.7 Å². The lowest BCUT2D eigenvalue weighted by Gasteiger charge is -2.16. The van der Waals surface area contributed by atoms with Crippen LogP contribution in [0.1, 0.15) is 25.3 Å². The van der Waals surface area contributed by atoms with E-state index in [0.717, 1.165) is 23.6 Å². The summed E-state index contributed by atoms with van der Waals surface area (Å²) in [4.78, 5) is 0. The normalized spacial score (nSPS) is 15.8. The topological polar surface area (TPSA) is 60.0 Å². The lowest BCUT2D eigenvalue weighted by molar-refractivity contribution is 0.0162. The van der Waals surface area contributed by atoms with Crippen LogP contribution in [-0.2, 0) is 11.3 Å². The van der Waals surface area contributed by atoms with Gasteiger partial charge in [-0.15, -0.1) is 0 Å². The van der Waals surface area contributed by atoms with Crippen molar-refractivity contribution in [1.29, 1.82) is 0 Å². The first-order chi connectivity index (χ1) is 10.2. The number of hydrogen-bond donors (Lipinski definition) is 2. The van der Waals surface area contributed by atoms with Gasteiger partial charge in [0, 0.05) is 30.8 Å². The van der Waals surface area contributed by atoms with Gasteiger partial charge < -0.3 is 24.6 Å². The molecule has 2 N–H and O–H groups in total. The Morgan fingerprint density at radius 2 is 2.14 bits per heavy atom. The molecule has 1 aromatic carbocycles. The largest absolute Gasteiger partial charge is 0.497 e. The molecule has 21 heavy (non-hydrogen) atoms. The van der Waals surface area contributed by atoms with Crippen LogP contribution in [0, 0.1) is 0 Å². The Hall–Kier alpha value is -1.30. The lowest BCUT2D eigenvalue weighted by atomic mass is 10.2. The molecule has 0 heterocycles. The molecule has 0 saturated heterocycles. The van der Waals surface area contributed by atoms with E-state index in [1.807, 2.05) is 25.1 Å². The molecule has 0 radical (unpaired) electrons. The summed E-state index contributed by atoms with van der Waals surface area (Å²) in [5, 5.41) is 13.3. The number of hydrogen-bond acceptors (Lipinski definition) is 5. The number of rotatable bonds is 10. The smallest absolute Gasteiger partial charge is 0.127 e. The van der Waals surface area contributed by atoms with Gasteiger partial charge in [0.2, 0.25) is 0 Å². The van der Waals surface area contributed by atoms with Crippen molar-refractivity contribution in [2.45, 2.75) is 38.5 Å². The Morgan fingerprint density at radius 1 is 1.33 bits per heavy atom. The summed E-state index contributed by atoms with van der Waals surface area (Å²) in [6, 6.07) is 6.42. The molecule has 1 aliphatic carbocycles. The first-order valence-electron chi connectivity index (χ1n) is 7.51. The summed E-state index contributed by atoms with van der Waals surface area (Å²) >= 11 is 0. The molecule has 5 heteroatoms. The third-order valence-corrected chi connectivity index (χ3v) is 3.38. The van der Waals surface area contributed by atoms with E-state index >= 15 is 0 Å². The maximum absolute atomic E-state index is 9.79. The van der Waals surface area contributed by atoms with Gasteiger partial charge in [-0.25, -0.2) is 0 Å². The molecule has 1 fully saturated rings. The van der Waals surface area contributed by atoms with Crippen LogP contribution in [0.3, 0.4) is 0 Å². The third-order valence-electron chi connectivity index (χ3n) is 3.38. The molecule has 118 valence electrons. The summed E-state index contributed by atoms with van der Waals surface area (Å²) in [5.74, 6) is 1.50. The minimum absolute atomic E-state index is 0.212. The van der Waals surface area contributed by atoms with E-state index in [1.165, 1.54) is 12.8 Å². The van der Waals surface area contributed by atoms with Crippen LogP contribution >= 0.6 is 0 Å². The molecule has 1 atom stereocenters. The van der Waals surface area contributed by atoms with Crippen LogP contribution in [0.4, 0.5) is 0 Å². The van der Waals surface area contributed by atoms with E-state index in [9.17, 15) is 5.11 Å². The maximum Gasteiger partial charge on any atom is 0.127 e. The summed E-state index contributed by atoms with van der Waals surface area (Å²) in [6.07, 6.45) is 1.87. The van der Waals surface area contributed by atoms with E-state index in [4.69, 9.17) is 14.2 Å². The van der Waals surface area contributed by atoms with Crippen molar-refractivity contribution >= 4 is 0 Å². The van der Waals surface area contributed by atoms with Gasteiger partial charge >= 0.3 is 0 Å². The molecule has 0 bridgehead atoms. The Balaban J connectivity index is 1.92. The Bertz CT molecular complexity index is 434. The van der Waals surface area contributed by atoms with Crippen LogP contribution in [0.5, 0.6) is 11.5 Å². The molecule has 0 aliphatic heterocycles. The molecule has 0 spiro atoms. The fourth-order valence-electron chi connectivity index (χ4n) is 1.97. The lowest BCUT2D eigenvalue weighted by Crippen LogP contribution is -2.24. The van der Waals surface area contributed by atoms with Gasteiger partial charge in [-0.3, -0.25) is 0 Å². The van der Waals surface area contributed by atoms with Crippen molar-refractivity contribution in [2.75, 3.05) is 26.9 Å². The van der Waals surface area contributed by atoms with E-state index in [-0.39, 0.29) is 13.2 Å². The molecule has 2 rings (SSSR count). The molecule has 0 aromatic heterocycles. The summed E-state index contributed by atoms with van der Waals surface area (Å²) in [6.45, 7) is 3.76. The zero-order chi connectivity index (χ0) is 15.1. The maximum atomic E-state index is 9.79. The van der Waals surface area contributed by atoms with E-state index < -0.39 is 6.10 Å². The fourth-order valence-corrected chi connectivity index (χ4v) is 1.97. The number of ether oxygens (including phenoxy) is 3. The van der Waals surface area contributed by atoms with Gasteiger partial charge in [0.15, 0.2) is 0 Å². The van der Waals surface area contributed by atoms with Gasteiger partial charge in [-0.2, -0.15) is 0 Å². The van der Waals surface area contributed by atoms with Crippen molar-refractivity contribution < 1.29 is 19.3 Å². The zero-order valence-corrected chi connectivity index (χ0v) is 12.8. The predicted molar refractivity (Wildman–Crippen MR) is 80.9 cm³/mol. The van der Waals surface area contributed by atoms with E-state index in [1.54, 1.807) is 7.11 Å². The first kappa shape index (κ1) is 16.1. The molecule has 1 aliphatic rings. The average molecular weight is 295 g/mol. The molecular formula is C16H25NO4. The zero-order valence-electron chi connectivity index (χ0n) is 12.8. The van der Waals surface area contributed by atoms with Gasteiger partial charge in [-0.1, -0.05) is 6.07 Å². The van der Waals surface area contributed by atoms with Crippen molar-refractivity contribution in [1.82, 2.24) is 5.32 Å². The van der Waals surface area contributed by atoms with E-state index in [0.29, 0.717) is 12.6 Å². The number of nitrogens with one attached hydrogen (secondary N) is 1. The monoisotopic (exact) mass is 295 g/mol. The second kappa shape index (κ2) is 8.22. The standard InChI is InChI=1S/C16H25NO4/c1-3-20-10-14(18)11-21-16-8-15(19-2)7-4-12(16)9-17-13-5-6-13/h4,7-8,13-14,17-18H,3,5-6,9-11H2,1-2H3. The van der Waals surface area contributed by atoms with Gasteiger partial charge in [0.25, 0.3) is 0 Å². The highest BCUT2D eigenvalue weighted by Crippen LogP contribution is 2.26. The number of aliphatic hydroxyl groups excluding tert-OH is 1. The molecular weight excluding hydrogens is 270 g/mol. The highest BCUT2D eigenvalue weighted by Gasteiger charge is 2.20. The van der Waals surface area contributed by atoms with Gasteiger partial charge in [0.1, 0.15) is 24.2 Å². The number of methoxy groups -OCH3 is 1. The van der Waals surface area contributed by atoms with Crippen molar-refractivity contribution in [3.63, 3.8) is 0 Å². The molecule has 1 aromatic rings. The molecule has 1 saturated carbocycles. The van der Waals surface area contributed by atoms with Crippen molar-refractivity contribution in [3.8, 4) is 11.5 Å². The average Bonchev–Trinajstić information content (AvgIpc) is 3.33. The van der Waals surface area contributed by atoms with Crippen LogP contribution in [0.2, 0.25) is 0 Å². The summed E-state index contributed by atoms with van der Waals surface area (Å²) in [5.41, 5.74) is 1.08. The predicted octanol–water partition coefficient (Wildman–Crippen LogP) is 1.72. The highest BCUT2D eigenvalue weighted by atomic mass is 16.5. The van der Waals surface area contributed by atoms with Crippen LogP contribution in [0.25, 0.3) is 0 Å². The number of benzene rings is 1. The van der Waals surface area contributed by atoms with Gasteiger partial charge in [-0.05, 0) is 25.8 Å². The minimum atomic E-state index is -0.625. The van der Waals surface area contributed by atoms with Crippen molar-refractivity contribution in [3.05, 3.63) is 23.8 Å². The first-order valence-corrected chi connectivity index (χ1v) is 7.51. The van der Waals surface area contributed by atoms with Crippen molar-refractivity contribution in [2.24, 2.45) is 0 Å². The Morgan fingerprint density at radius 3 is 2.81 bits per heavy atom. The van der Waals surface area contributed by atoms with Crippen LogP contribution < -0.4 is 14.8 Å². The molecule has 5 nitrogen and oxygen atoms in total. The van der Waals surface area contributed by atoms with E-state index in [2.05, 4.69) is 5.32 Å². The number of aliphatic hydroxyl groups is 1. The summed E-state index contributed by atoms with van der Waals surface area (Å²) < 4.78 is 16.2. The summed E-state index contributed by atoms with van der Waals surface area (Å²) in [7, 11) is 1.63. The fraction of sp³-hybridized carbons (Fsp3) is 0.625. The second-order valence-corrected chi connectivity index (χ2v) is 5.25. The molecule has 1 unspecified atom stereocenters. The molecule has 0 amide bonds. The third kappa shape index (κ3) is 5.53. The second-order valence-electron chi connectivity index (χ2n) is 5.25. The quantitative estimate of drug-likeness (QED) is 0.688. The van der Waals surface area contributed by atoms with Crippen LogP contribution in [-0.4, -0.2) is 44.2 Å². The Labute approximate surface area is 126 Å². The van der Waals surface area contributed by atoms with Crippen LogP contribution in [0.15, 0.2) is 18.2 Å². The SMILES string of the molecule is CCOCC(O)COc1cc(OC)ccc1CNC1CC1. The minimum Gasteiger partial charge on any atom is -0.497 e. The Kier molecular flexibility index (Phi) is 6.29.